The molecular weight excluding hydrogens is 350 g/mol. The van der Waals surface area contributed by atoms with Crippen LogP contribution in [-0.4, -0.2) is 43.9 Å². The van der Waals surface area contributed by atoms with Crippen molar-refractivity contribution >= 4 is 21.4 Å². The molecule has 2 heterocycles. The molecule has 134 valence electrons. The summed E-state index contributed by atoms with van der Waals surface area (Å²) in [6, 6.07) is 7.21. The molecule has 0 spiro atoms. The second-order valence-electron chi connectivity index (χ2n) is 5.39. The maximum atomic E-state index is 12.9. The van der Waals surface area contributed by atoms with E-state index in [9.17, 15) is 18.5 Å². The standard InChI is InChI=1S/C15H17N3O6S/c19-18(20)12-3-4-14(16-11-13-2-1-7-24-13)15(10-12)25(21,22)17-5-8-23-9-6-17/h1-4,7,10,16H,5-6,8-9,11H2. The Morgan fingerprint density at radius 2 is 2.00 bits per heavy atom. The summed E-state index contributed by atoms with van der Waals surface area (Å²) in [5, 5.41) is 14.0. The highest BCUT2D eigenvalue weighted by atomic mass is 32.2. The van der Waals surface area contributed by atoms with Crippen LogP contribution in [0.25, 0.3) is 0 Å². The number of nitrogens with one attached hydrogen (secondary N) is 1. The minimum atomic E-state index is -3.88. The highest BCUT2D eigenvalue weighted by Crippen LogP contribution is 2.29. The number of nitro groups is 1. The summed E-state index contributed by atoms with van der Waals surface area (Å²) in [5.74, 6) is 0.619. The molecule has 10 heteroatoms. The minimum Gasteiger partial charge on any atom is -0.467 e. The molecule has 1 fully saturated rings. The number of ether oxygens (including phenoxy) is 1. The molecule has 9 nitrogen and oxygen atoms in total. The van der Waals surface area contributed by atoms with Crippen LogP contribution in [0.2, 0.25) is 0 Å². The van der Waals surface area contributed by atoms with Crippen molar-refractivity contribution in [3.8, 4) is 0 Å². The quantitative estimate of drug-likeness (QED) is 0.611. The van der Waals surface area contributed by atoms with Gasteiger partial charge in [0.2, 0.25) is 10.0 Å². The first-order valence-corrected chi connectivity index (χ1v) is 9.05. The van der Waals surface area contributed by atoms with Crippen molar-refractivity contribution in [2.75, 3.05) is 31.6 Å². The van der Waals surface area contributed by atoms with Crippen LogP contribution in [0, 0.1) is 10.1 Å². The molecule has 1 aromatic heterocycles. The van der Waals surface area contributed by atoms with Gasteiger partial charge in [0.25, 0.3) is 5.69 Å². The predicted molar refractivity (Wildman–Crippen MR) is 88.7 cm³/mol. The number of nitro benzene ring substituents is 1. The highest BCUT2D eigenvalue weighted by Gasteiger charge is 2.30. The Morgan fingerprint density at radius 3 is 2.64 bits per heavy atom. The summed E-state index contributed by atoms with van der Waals surface area (Å²) in [6.07, 6.45) is 1.51. The molecule has 1 aromatic carbocycles. The normalized spacial score (nSPS) is 15.8. The lowest BCUT2D eigenvalue weighted by molar-refractivity contribution is -0.385. The van der Waals surface area contributed by atoms with E-state index in [0.717, 1.165) is 6.07 Å². The Balaban J connectivity index is 1.95. The summed E-state index contributed by atoms with van der Waals surface area (Å²) >= 11 is 0. The second kappa shape index (κ2) is 7.21. The Hall–Kier alpha value is -2.43. The molecular formula is C15H17N3O6S. The zero-order valence-electron chi connectivity index (χ0n) is 13.3. The zero-order chi connectivity index (χ0) is 17.9. The lowest BCUT2D eigenvalue weighted by atomic mass is 10.2. The van der Waals surface area contributed by atoms with Crippen molar-refractivity contribution in [3.63, 3.8) is 0 Å². The third-order valence-electron chi connectivity index (χ3n) is 3.80. The largest absolute Gasteiger partial charge is 0.467 e. The SMILES string of the molecule is O=[N+]([O-])c1ccc(NCc2ccco2)c(S(=O)(=O)N2CCOCC2)c1. The van der Waals surface area contributed by atoms with Gasteiger partial charge in [-0.15, -0.1) is 0 Å². The van der Waals surface area contributed by atoms with Crippen LogP contribution in [0.15, 0.2) is 45.9 Å². The number of benzene rings is 1. The van der Waals surface area contributed by atoms with Crippen LogP contribution in [0.4, 0.5) is 11.4 Å². The Morgan fingerprint density at radius 1 is 1.24 bits per heavy atom. The summed E-state index contributed by atoms with van der Waals surface area (Å²) in [5.41, 5.74) is 0.00359. The minimum absolute atomic E-state index is 0.129. The van der Waals surface area contributed by atoms with E-state index in [2.05, 4.69) is 5.32 Å². The van der Waals surface area contributed by atoms with Gasteiger partial charge in [0.05, 0.1) is 36.6 Å². The molecule has 0 atom stereocenters. The van der Waals surface area contributed by atoms with E-state index in [-0.39, 0.29) is 35.9 Å². The number of rotatable bonds is 6. The van der Waals surface area contributed by atoms with E-state index in [0.29, 0.717) is 19.0 Å². The highest BCUT2D eigenvalue weighted by molar-refractivity contribution is 7.89. The Bertz CT molecular complexity index is 844. The fourth-order valence-electron chi connectivity index (χ4n) is 2.51. The molecule has 0 unspecified atom stereocenters. The number of anilines is 1. The van der Waals surface area contributed by atoms with Crippen molar-refractivity contribution in [1.82, 2.24) is 4.31 Å². The fraction of sp³-hybridized carbons (Fsp3) is 0.333. The molecule has 25 heavy (non-hydrogen) atoms. The van der Waals surface area contributed by atoms with Crippen LogP contribution in [0.3, 0.4) is 0 Å². The number of nitrogens with zero attached hydrogens (tertiary/aromatic N) is 2. The van der Waals surface area contributed by atoms with Gasteiger partial charge < -0.3 is 14.5 Å². The van der Waals surface area contributed by atoms with Crippen molar-refractivity contribution in [1.29, 1.82) is 0 Å². The maximum Gasteiger partial charge on any atom is 0.270 e. The average Bonchev–Trinajstić information content (AvgIpc) is 3.14. The molecule has 3 rings (SSSR count). The van der Waals surface area contributed by atoms with Crippen molar-refractivity contribution in [2.24, 2.45) is 0 Å². The van der Waals surface area contributed by atoms with Crippen molar-refractivity contribution in [2.45, 2.75) is 11.4 Å². The number of hydrogen-bond donors (Lipinski definition) is 1. The number of hydrogen-bond acceptors (Lipinski definition) is 7. The molecule has 0 bridgehead atoms. The van der Waals surface area contributed by atoms with Crippen molar-refractivity contribution < 1.29 is 22.5 Å². The van der Waals surface area contributed by atoms with Gasteiger partial charge in [-0.3, -0.25) is 10.1 Å². The van der Waals surface area contributed by atoms with E-state index in [1.165, 1.54) is 22.7 Å². The first kappa shape index (κ1) is 17.4. The van der Waals surface area contributed by atoms with E-state index in [1.807, 2.05) is 0 Å². The van der Waals surface area contributed by atoms with Gasteiger partial charge >= 0.3 is 0 Å². The summed E-state index contributed by atoms with van der Waals surface area (Å²) in [7, 11) is -3.88. The molecule has 0 radical (unpaired) electrons. The molecule has 2 aromatic rings. The van der Waals surface area contributed by atoms with Gasteiger partial charge in [-0.25, -0.2) is 8.42 Å². The predicted octanol–water partition coefficient (Wildman–Crippen LogP) is 1.82. The fourth-order valence-corrected chi connectivity index (χ4v) is 4.10. The summed E-state index contributed by atoms with van der Waals surface area (Å²) in [4.78, 5) is 10.3. The molecule has 0 aliphatic carbocycles. The molecule has 1 N–H and O–H groups in total. The van der Waals surface area contributed by atoms with E-state index < -0.39 is 14.9 Å². The summed E-state index contributed by atoms with van der Waals surface area (Å²) in [6.45, 7) is 1.27. The molecule has 0 saturated carbocycles. The van der Waals surface area contributed by atoms with Gasteiger partial charge in [0, 0.05) is 25.2 Å². The monoisotopic (exact) mass is 367 g/mol. The second-order valence-corrected chi connectivity index (χ2v) is 7.29. The van der Waals surface area contributed by atoms with Gasteiger partial charge in [0.1, 0.15) is 10.7 Å². The van der Waals surface area contributed by atoms with Crippen LogP contribution < -0.4 is 5.32 Å². The first-order valence-electron chi connectivity index (χ1n) is 7.61. The Labute approximate surface area is 144 Å². The first-order chi connectivity index (χ1) is 12.0. The zero-order valence-corrected chi connectivity index (χ0v) is 14.1. The molecule has 1 saturated heterocycles. The van der Waals surface area contributed by atoms with E-state index in [1.54, 1.807) is 12.1 Å². The summed E-state index contributed by atoms with van der Waals surface area (Å²) < 4.78 is 37.5. The van der Waals surface area contributed by atoms with Gasteiger partial charge in [0.15, 0.2) is 0 Å². The van der Waals surface area contributed by atoms with Crippen LogP contribution in [0.5, 0.6) is 0 Å². The average molecular weight is 367 g/mol. The smallest absolute Gasteiger partial charge is 0.270 e. The lowest BCUT2D eigenvalue weighted by Gasteiger charge is -2.27. The van der Waals surface area contributed by atoms with Crippen LogP contribution in [0.1, 0.15) is 5.76 Å². The van der Waals surface area contributed by atoms with E-state index in [4.69, 9.17) is 9.15 Å². The topological polar surface area (TPSA) is 115 Å². The van der Waals surface area contributed by atoms with Gasteiger partial charge in [-0.05, 0) is 18.2 Å². The Kier molecular flexibility index (Phi) is 5.02. The molecule has 1 aliphatic rings. The molecule has 0 amide bonds. The van der Waals surface area contributed by atoms with Gasteiger partial charge in [-0.1, -0.05) is 0 Å². The number of morpholine rings is 1. The van der Waals surface area contributed by atoms with Crippen LogP contribution >= 0.6 is 0 Å². The van der Waals surface area contributed by atoms with Crippen LogP contribution in [-0.2, 0) is 21.3 Å². The number of furan rings is 1. The molecule has 1 aliphatic heterocycles. The number of sulfonamides is 1. The van der Waals surface area contributed by atoms with Crippen molar-refractivity contribution in [3.05, 3.63) is 52.5 Å². The number of non-ortho nitro benzene ring substituents is 1. The third-order valence-corrected chi connectivity index (χ3v) is 5.74. The van der Waals surface area contributed by atoms with E-state index >= 15 is 0 Å². The maximum absolute atomic E-state index is 12.9. The van der Waals surface area contributed by atoms with Gasteiger partial charge in [-0.2, -0.15) is 4.31 Å². The lowest BCUT2D eigenvalue weighted by Crippen LogP contribution is -2.40. The third kappa shape index (κ3) is 3.81.